The highest BCUT2D eigenvalue weighted by Crippen LogP contribution is 2.44. The molecule has 1 N–H and O–H groups in total. The largest absolute Gasteiger partial charge is 0.375 e. The minimum Gasteiger partial charge on any atom is -0.375 e. The van der Waals surface area contributed by atoms with Gasteiger partial charge in [-0.3, -0.25) is 0 Å². The Morgan fingerprint density at radius 1 is 1.14 bits per heavy atom. The van der Waals surface area contributed by atoms with Gasteiger partial charge in [0.15, 0.2) is 0 Å². The molecule has 0 aromatic rings. The summed E-state index contributed by atoms with van der Waals surface area (Å²) in [6.45, 7) is 4.50. The third-order valence-corrected chi connectivity index (χ3v) is 6.99. The third kappa shape index (κ3) is 4.17. The molecule has 2 heterocycles. The molecular weight excluding hydrogens is 278 g/mol. The van der Waals surface area contributed by atoms with E-state index in [1.807, 2.05) is 0 Å². The van der Waals surface area contributed by atoms with Crippen LogP contribution < -0.4 is 5.32 Å². The van der Waals surface area contributed by atoms with E-state index in [1.54, 1.807) is 0 Å². The molecule has 1 spiro atoms. The van der Waals surface area contributed by atoms with Crippen molar-refractivity contribution in [1.29, 1.82) is 0 Å². The van der Waals surface area contributed by atoms with E-state index in [2.05, 4.69) is 24.0 Å². The van der Waals surface area contributed by atoms with Crippen LogP contribution in [0.15, 0.2) is 0 Å². The molecule has 1 saturated carbocycles. The molecule has 3 rings (SSSR count). The molecule has 2 saturated heterocycles. The second-order valence-electron chi connectivity index (χ2n) is 7.47. The molecule has 3 fully saturated rings. The number of ether oxygens (including phenoxy) is 1. The minimum atomic E-state index is 0.276. The number of hydrogen-bond acceptors (Lipinski definition) is 3. The molecule has 3 unspecified atom stereocenters. The molecule has 3 heteroatoms. The van der Waals surface area contributed by atoms with Crippen molar-refractivity contribution in [3.63, 3.8) is 0 Å². The van der Waals surface area contributed by atoms with Crippen molar-refractivity contribution < 1.29 is 4.74 Å². The van der Waals surface area contributed by atoms with Gasteiger partial charge in [-0.2, -0.15) is 11.8 Å². The van der Waals surface area contributed by atoms with E-state index in [1.165, 1.54) is 75.8 Å². The summed E-state index contributed by atoms with van der Waals surface area (Å²) < 4.78 is 6.29. The summed E-state index contributed by atoms with van der Waals surface area (Å²) in [5.74, 6) is 4.53. The summed E-state index contributed by atoms with van der Waals surface area (Å²) in [5.41, 5.74) is 0.276. The minimum absolute atomic E-state index is 0.276. The second-order valence-corrected chi connectivity index (χ2v) is 8.70. The molecule has 0 amide bonds. The van der Waals surface area contributed by atoms with E-state index < -0.39 is 0 Å². The van der Waals surface area contributed by atoms with Crippen molar-refractivity contribution in [3.8, 4) is 0 Å². The summed E-state index contributed by atoms with van der Waals surface area (Å²) >= 11 is 2.12. The van der Waals surface area contributed by atoms with Crippen molar-refractivity contribution in [1.82, 2.24) is 5.32 Å². The van der Waals surface area contributed by atoms with Gasteiger partial charge in [-0.25, -0.2) is 0 Å². The molecule has 3 atom stereocenters. The van der Waals surface area contributed by atoms with Crippen molar-refractivity contribution in [2.75, 3.05) is 24.7 Å². The number of thioether (sulfide) groups is 1. The monoisotopic (exact) mass is 311 g/mol. The average molecular weight is 312 g/mol. The molecule has 2 nitrogen and oxygen atoms in total. The van der Waals surface area contributed by atoms with Gasteiger partial charge in [0.25, 0.3) is 0 Å². The Kier molecular flexibility index (Phi) is 5.92. The molecule has 21 heavy (non-hydrogen) atoms. The zero-order valence-electron chi connectivity index (χ0n) is 13.7. The Labute approximate surface area is 135 Å². The van der Waals surface area contributed by atoms with Crippen LogP contribution in [0.5, 0.6) is 0 Å². The predicted molar refractivity (Wildman–Crippen MR) is 92.0 cm³/mol. The standard InChI is InChI=1S/C18H33NOS/c1-2-9-19-17-5-3-4-15(13-17)16-6-10-20-18(14-16)7-11-21-12-8-18/h15-17,19H,2-14H2,1H3. The first-order chi connectivity index (χ1) is 10.3. The van der Waals surface area contributed by atoms with E-state index in [-0.39, 0.29) is 5.60 Å². The molecule has 0 radical (unpaired) electrons. The maximum absolute atomic E-state index is 6.29. The summed E-state index contributed by atoms with van der Waals surface area (Å²) in [5, 5.41) is 3.78. The van der Waals surface area contributed by atoms with E-state index >= 15 is 0 Å². The fourth-order valence-corrected chi connectivity index (χ4v) is 5.99. The Morgan fingerprint density at radius 3 is 2.81 bits per heavy atom. The number of hydrogen-bond donors (Lipinski definition) is 1. The van der Waals surface area contributed by atoms with Crippen molar-refractivity contribution in [2.24, 2.45) is 11.8 Å². The van der Waals surface area contributed by atoms with E-state index in [0.717, 1.165) is 24.5 Å². The van der Waals surface area contributed by atoms with Gasteiger partial charge in [0.2, 0.25) is 0 Å². The lowest BCUT2D eigenvalue weighted by Crippen LogP contribution is -2.46. The van der Waals surface area contributed by atoms with Crippen LogP contribution in [-0.2, 0) is 4.74 Å². The van der Waals surface area contributed by atoms with Gasteiger partial charge in [0, 0.05) is 12.6 Å². The average Bonchev–Trinajstić information content (AvgIpc) is 2.54. The second kappa shape index (κ2) is 7.70. The molecular formula is C18H33NOS. The smallest absolute Gasteiger partial charge is 0.0701 e. The quantitative estimate of drug-likeness (QED) is 0.839. The van der Waals surface area contributed by atoms with Gasteiger partial charge in [0.1, 0.15) is 0 Å². The third-order valence-electron chi connectivity index (χ3n) is 6.00. The van der Waals surface area contributed by atoms with Gasteiger partial charge < -0.3 is 10.1 Å². The molecule has 0 aromatic heterocycles. The first-order valence-corrected chi connectivity index (χ1v) is 10.4. The number of nitrogens with one attached hydrogen (secondary N) is 1. The van der Waals surface area contributed by atoms with Crippen molar-refractivity contribution in [3.05, 3.63) is 0 Å². The van der Waals surface area contributed by atoms with Gasteiger partial charge in [0.05, 0.1) is 5.60 Å². The van der Waals surface area contributed by atoms with Crippen LogP contribution >= 0.6 is 11.8 Å². The Balaban J connectivity index is 1.55. The van der Waals surface area contributed by atoms with Crippen LogP contribution in [-0.4, -0.2) is 36.3 Å². The maximum atomic E-state index is 6.29. The van der Waals surface area contributed by atoms with E-state index in [9.17, 15) is 0 Å². The van der Waals surface area contributed by atoms with Crippen LogP contribution in [0.3, 0.4) is 0 Å². The van der Waals surface area contributed by atoms with Crippen LogP contribution in [0.4, 0.5) is 0 Å². The predicted octanol–water partition coefficient (Wildman–Crippen LogP) is 4.24. The lowest BCUT2D eigenvalue weighted by atomic mass is 9.70. The molecule has 1 aliphatic carbocycles. The van der Waals surface area contributed by atoms with E-state index in [0.29, 0.717) is 0 Å². The SMILES string of the molecule is CCCNC1CCCC(C2CCOC3(CCSCC3)C2)C1. The van der Waals surface area contributed by atoms with Gasteiger partial charge >= 0.3 is 0 Å². The highest BCUT2D eigenvalue weighted by atomic mass is 32.2. The van der Waals surface area contributed by atoms with Crippen LogP contribution in [0.2, 0.25) is 0 Å². The normalized spacial score (nSPS) is 36.7. The fourth-order valence-electron chi connectivity index (χ4n) is 4.75. The molecule has 3 aliphatic rings. The highest BCUT2D eigenvalue weighted by Gasteiger charge is 2.41. The van der Waals surface area contributed by atoms with Gasteiger partial charge in [-0.1, -0.05) is 19.8 Å². The Hall–Kier alpha value is 0.270. The zero-order chi connectivity index (χ0) is 14.5. The van der Waals surface area contributed by atoms with Crippen molar-refractivity contribution >= 4 is 11.8 Å². The molecule has 0 bridgehead atoms. The number of rotatable bonds is 4. The van der Waals surface area contributed by atoms with Crippen LogP contribution in [0.1, 0.15) is 64.7 Å². The highest BCUT2D eigenvalue weighted by molar-refractivity contribution is 7.99. The zero-order valence-corrected chi connectivity index (χ0v) is 14.6. The lowest BCUT2D eigenvalue weighted by Gasteiger charge is -2.46. The molecule has 122 valence electrons. The summed E-state index contributed by atoms with van der Waals surface area (Å²) in [6.07, 6.45) is 12.3. The first kappa shape index (κ1) is 16.1. The summed E-state index contributed by atoms with van der Waals surface area (Å²) in [7, 11) is 0. The molecule has 0 aromatic carbocycles. The first-order valence-electron chi connectivity index (χ1n) is 9.26. The van der Waals surface area contributed by atoms with Gasteiger partial charge in [-0.15, -0.1) is 0 Å². The Morgan fingerprint density at radius 2 is 2.00 bits per heavy atom. The summed E-state index contributed by atoms with van der Waals surface area (Å²) in [4.78, 5) is 0. The van der Waals surface area contributed by atoms with Crippen LogP contribution in [0, 0.1) is 11.8 Å². The maximum Gasteiger partial charge on any atom is 0.0701 e. The fraction of sp³-hybridized carbons (Fsp3) is 1.00. The summed E-state index contributed by atoms with van der Waals surface area (Å²) in [6, 6.07) is 0.796. The Bertz CT molecular complexity index is 311. The van der Waals surface area contributed by atoms with E-state index in [4.69, 9.17) is 4.74 Å². The van der Waals surface area contributed by atoms with Crippen LogP contribution in [0.25, 0.3) is 0 Å². The molecule has 2 aliphatic heterocycles. The lowest BCUT2D eigenvalue weighted by molar-refractivity contribution is -0.113. The topological polar surface area (TPSA) is 21.3 Å². The van der Waals surface area contributed by atoms with Gasteiger partial charge in [-0.05, 0) is 74.8 Å². The van der Waals surface area contributed by atoms with Crippen molar-refractivity contribution in [2.45, 2.75) is 76.4 Å².